The Morgan fingerprint density at radius 3 is 2.73 bits per heavy atom. The Labute approximate surface area is 183 Å². The fourth-order valence-corrected chi connectivity index (χ4v) is 5.24. The van der Waals surface area contributed by atoms with Gasteiger partial charge in [0.05, 0.1) is 12.1 Å². The number of thiophene rings is 1. The Kier molecular flexibility index (Phi) is 6.11. The summed E-state index contributed by atoms with van der Waals surface area (Å²) in [5.41, 5.74) is 0.375. The van der Waals surface area contributed by atoms with Gasteiger partial charge in [-0.2, -0.15) is 0 Å². The van der Waals surface area contributed by atoms with E-state index in [-0.39, 0.29) is 30.6 Å². The maximum Gasteiger partial charge on any atom is 0.332 e. The normalized spacial score (nSPS) is 16.9. The molecule has 0 bridgehead atoms. The van der Waals surface area contributed by atoms with Crippen LogP contribution in [0.1, 0.15) is 38.2 Å². The van der Waals surface area contributed by atoms with Crippen LogP contribution in [0.15, 0.2) is 45.3 Å². The first-order valence-electron chi connectivity index (χ1n) is 10.2. The molecular weight excluding hydrogens is 422 g/mol. The molecule has 1 saturated heterocycles. The third kappa shape index (κ3) is 3.84. The minimum atomic E-state index is -0.482. The number of halogens is 1. The van der Waals surface area contributed by atoms with Crippen molar-refractivity contribution < 1.29 is 4.79 Å². The minimum Gasteiger partial charge on any atom is -0.338 e. The molecule has 0 spiro atoms. The highest BCUT2D eigenvalue weighted by Crippen LogP contribution is 2.21. The molecule has 8 heteroatoms. The second kappa shape index (κ2) is 8.78. The maximum absolute atomic E-state index is 13.3. The summed E-state index contributed by atoms with van der Waals surface area (Å²) in [7, 11) is 0. The minimum absolute atomic E-state index is 0.0641. The summed E-state index contributed by atoms with van der Waals surface area (Å²) in [6, 6.07) is 9.10. The fourth-order valence-electron chi connectivity index (χ4n) is 4.20. The van der Waals surface area contributed by atoms with Gasteiger partial charge in [-0.25, -0.2) is 4.79 Å². The van der Waals surface area contributed by atoms with Gasteiger partial charge in [-0.15, -0.1) is 11.3 Å². The van der Waals surface area contributed by atoms with Gasteiger partial charge < -0.3 is 4.90 Å². The topological polar surface area (TPSA) is 64.3 Å². The molecule has 1 aliphatic rings. The van der Waals surface area contributed by atoms with E-state index in [0.717, 1.165) is 32.2 Å². The Morgan fingerprint density at radius 1 is 1.17 bits per heavy atom. The Bertz CT molecular complexity index is 1200. The number of nitrogens with zero attached hydrogens (tertiary/aromatic N) is 3. The molecule has 3 heterocycles. The zero-order chi connectivity index (χ0) is 21.3. The molecule has 4 rings (SSSR count). The monoisotopic (exact) mass is 445 g/mol. The number of carbonyl (C=O) groups excluding carboxylic acids is 1. The van der Waals surface area contributed by atoms with Crippen molar-refractivity contribution in [1.82, 2.24) is 14.0 Å². The lowest BCUT2D eigenvalue weighted by molar-refractivity contribution is -0.135. The Balaban J connectivity index is 1.75. The summed E-state index contributed by atoms with van der Waals surface area (Å²) in [5.74, 6) is -0.0703. The molecule has 3 aromatic rings. The summed E-state index contributed by atoms with van der Waals surface area (Å²) in [6.45, 7) is 2.81. The van der Waals surface area contributed by atoms with E-state index >= 15 is 0 Å². The summed E-state index contributed by atoms with van der Waals surface area (Å²) < 4.78 is 3.09. The van der Waals surface area contributed by atoms with Gasteiger partial charge in [0.25, 0.3) is 5.56 Å². The smallest absolute Gasteiger partial charge is 0.332 e. The number of amides is 1. The number of piperidine rings is 1. The van der Waals surface area contributed by atoms with Crippen LogP contribution in [0.3, 0.4) is 0 Å². The number of aromatic nitrogens is 2. The van der Waals surface area contributed by atoms with Crippen LogP contribution in [0.5, 0.6) is 0 Å². The summed E-state index contributed by atoms with van der Waals surface area (Å²) in [4.78, 5) is 41.3. The van der Waals surface area contributed by atoms with Gasteiger partial charge in [0.2, 0.25) is 5.91 Å². The molecule has 1 fully saturated rings. The summed E-state index contributed by atoms with van der Waals surface area (Å²) >= 11 is 7.53. The van der Waals surface area contributed by atoms with Crippen LogP contribution in [-0.2, 0) is 17.9 Å². The summed E-state index contributed by atoms with van der Waals surface area (Å²) in [6.07, 6.45) is 4.01. The predicted molar refractivity (Wildman–Crippen MR) is 121 cm³/mol. The molecular formula is C22H24ClN3O3S. The number of fused-ring (bicyclic) bond motifs is 1. The van der Waals surface area contributed by atoms with Crippen LogP contribution in [0.4, 0.5) is 0 Å². The van der Waals surface area contributed by atoms with Crippen LogP contribution in [0, 0.1) is 0 Å². The van der Waals surface area contributed by atoms with E-state index in [0.29, 0.717) is 20.8 Å². The van der Waals surface area contributed by atoms with Gasteiger partial charge in [0.15, 0.2) is 0 Å². The Hall–Kier alpha value is -2.38. The van der Waals surface area contributed by atoms with Crippen molar-refractivity contribution in [2.24, 2.45) is 0 Å². The van der Waals surface area contributed by atoms with Crippen molar-refractivity contribution in [2.75, 3.05) is 6.54 Å². The number of hydrogen-bond donors (Lipinski definition) is 0. The largest absolute Gasteiger partial charge is 0.338 e. The molecule has 6 nitrogen and oxygen atoms in total. The van der Waals surface area contributed by atoms with Crippen LogP contribution in [-0.4, -0.2) is 32.5 Å². The van der Waals surface area contributed by atoms with Gasteiger partial charge in [-0.05, 0) is 48.8 Å². The van der Waals surface area contributed by atoms with Crippen molar-refractivity contribution in [2.45, 2.75) is 51.7 Å². The molecule has 0 aliphatic carbocycles. The molecule has 1 amide bonds. The number of carbonyl (C=O) groups is 1. The zero-order valence-electron chi connectivity index (χ0n) is 16.8. The average Bonchev–Trinajstić information content (AvgIpc) is 3.25. The van der Waals surface area contributed by atoms with Gasteiger partial charge >= 0.3 is 5.69 Å². The van der Waals surface area contributed by atoms with Crippen LogP contribution < -0.4 is 11.2 Å². The SMILES string of the molecule is CC[C@@H]1CCCCN1C(=O)Cn1c(=O)n(Cc2ccccc2Cl)c(=O)c2sccc21. The van der Waals surface area contributed by atoms with Gasteiger partial charge in [-0.3, -0.25) is 18.7 Å². The van der Waals surface area contributed by atoms with E-state index in [2.05, 4.69) is 6.92 Å². The third-order valence-electron chi connectivity index (χ3n) is 5.83. The van der Waals surface area contributed by atoms with E-state index in [4.69, 9.17) is 11.6 Å². The highest BCUT2D eigenvalue weighted by atomic mass is 35.5. The molecule has 1 aliphatic heterocycles. The van der Waals surface area contributed by atoms with E-state index < -0.39 is 5.69 Å². The van der Waals surface area contributed by atoms with Gasteiger partial charge in [0, 0.05) is 17.6 Å². The van der Waals surface area contributed by atoms with E-state index in [1.807, 2.05) is 11.0 Å². The van der Waals surface area contributed by atoms with Crippen molar-refractivity contribution in [3.8, 4) is 0 Å². The second-order valence-electron chi connectivity index (χ2n) is 7.63. The van der Waals surface area contributed by atoms with Crippen molar-refractivity contribution >= 4 is 39.1 Å². The first kappa shape index (κ1) is 20.9. The molecule has 0 radical (unpaired) electrons. The van der Waals surface area contributed by atoms with Crippen molar-refractivity contribution in [1.29, 1.82) is 0 Å². The van der Waals surface area contributed by atoms with Crippen LogP contribution in [0.2, 0.25) is 5.02 Å². The predicted octanol–water partition coefficient (Wildman–Crippen LogP) is 3.72. The second-order valence-corrected chi connectivity index (χ2v) is 8.95. The van der Waals surface area contributed by atoms with Crippen LogP contribution >= 0.6 is 22.9 Å². The highest BCUT2D eigenvalue weighted by molar-refractivity contribution is 7.17. The lowest BCUT2D eigenvalue weighted by Gasteiger charge is -2.35. The molecule has 30 heavy (non-hydrogen) atoms. The lowest BCUT2D eigenvalue weighted by Crippen LogP contribution is -2.47. The molecule has 1 aromatic carbocycles. The number of hydrogen-bond acceptors (Lipinski definition) is 4. The fraction of sp³-hybridized carbons (Fsp3) is 0.409. The first-order valence-corrected chi connectivity index (χ1v) is 11.5. The average molecular weight is 446 g/mol. The number of likely N-dealkylation sites (tertiary alicyclic amines) is 1. The molecule has 158 valence electrons. The van der Waals surface area contributed by atoms with Crippen molar-refractivity contribution in [3.63, 3.8) is 0 Å². The standard InChI is InChI=1S/C22H24ClN3O3S/c1-2-16-8-5-6-11-24(16)19(27)14-25-18-10-12-30-20(18)21(28)26(22(25)29)13-15-7-3-4-9-17(15)23/h3-4,7,9-10,12,16H,2,5-6,8,11,13-14H2,1H3/t16-/m1/s1. The van der Waals surface area contributed by atoms with E-state index in [1.165, 1.54) is 20.5 Å². The lowest BCUT2D eigenvalue weighted by atomic mass is 10.00. The highest BCUT2D eigenvalue weighted by Gasteiger charge is 2.26. The number of benzene rings is 1. The van der Waals surface area contributed by atoms with E-state index in [9.17, 15) is 14.4 Å². The molecule has 0 saturated carbocycles. The molecule has 0 unspecified atom stereocenters. The summed E-state index contributed by atoms with van der Waals surface area (Å²) in [5, 5.41) is 2.28. The molecule has 2 aromatic heterocycles. The maximum atomic E-state index is 13.3. The van der Waals surface area contributed by atoms with Gasteiger partial charge in [0.1, 0.15) is 11.2 Å². The quantitative estimate of drug-likeness (QED) is 0.601. The zero-order valence-corrected chi connectivity index (χ0v) is 18.4. The Morgan fingerprint density at radius 2 is 1.97 bits per heavy atom. The molecule has 0 N–H and O–H groups in total. The van der Waals surface area contributed by atoms with E-state index in [1.54, 1.807) is 29.6 Å². The van der Waals surface area contributed by atoms with Crippen molar-refractivity contribution in [3.05, 3.63) is 67.1 Å². The third-order valence-corrected chi connectivity index (χ3v) is 7.10. The molecule has 1 atom stereocenters. The van der Waals surface area contributed by atoms with Crippen LogP contribution in [0.25, 0.3) is 10.2 Å². The van der Waals surface area contributed by atoms with Gasteiger partial charge in [-0.1, -0.05) is 36.7 Å². The first-order chi connectivity index (χ1) is 14.5. The number of rotatable bonds is 5.